The molecule has 1 saturated heterocycles. The van der Waals surface area contributed by atoms with Gasteiger partial charge < -0.3 is 15.0 Å². The molecular weight excluding hydrogens is 382 g/mol. The minimum Gasteiger partial charge on any atom is -0.492 e. The van der Waals surface area contributed by atoms with Gasteiger partial charge in [0.2, 0.25) is 5.91 Å². The van der Waals surface area contributed by atoms with E-state index in [0.29, 0.717) is 30.3 Å². The van der Waals surface area contributed by atoms with Crippen LogP contribution in [0.5, 0.6) is 5.75 Å². The minimum absolute atomic E-state index is 0.0725. The fourth-order valence-corrected chi connectivity index (χ4v) is 3.98. The quantitative estimate of drug-likeness (QED) is 0.735. The number of imide groups is 1. The molecule has 1 aliphatic carbocycles. The molecule has 8 heteroatoms. The number of carbonyl (C=O) groups excluding carboxylic acids is 3. The Balaban J connectivity index is 1.52. The van der Waals surface area contributed by atoms with Crippen LogP contribution < -0.4 is 10.1 Å². The summed E-state index contributed by atoms with van der Waals surface area (Å²) in [4.78, 5) is 40.3. The molecule has 7 nitrogen and oxygen atoms in total. The highest BCUT2D eigenvalue weighted by Crippen LogP contribution is 2.38. The number of ether oxygens (including phenoxy) is 1. The molecule has 1 heterocycles. The van der Waals surface area contributed by atoms with E-state index in [0.717, 1.165) is 24.2 Å². The van der Waals surface area contributed by atoms with E-state index in [2.05, 4.69) is 5.32 Å². The summed E-state index contributed by atoms with van der Waals surface area (Å²) in [6.07, 6.45) is 3.49. The summed E-state index contributed by atoms with van der Waals surface area (Å²) >= 11 is 5.83. The molecule has 152 valence electrons. The van der Waals surface area contributed by atoms with Crippen LogP contribution in [0.15, 0.2) is 24.3 Å². The molecule has 1 spiro atoms. The van der Waals surface area contributed by atoms with Gasteiger partial charge in [-0.15, -0.1) is 0 Å². The van der Waals surface area contributed by atoms with Crippen LogP contribution in [0.4, 0.5) is 4.79 Å². The SMILES string of the molecule is C[C@@H]1CCCC[C@@]12NC(=O)N(CC(=O)N(C)CCOc1ccc(Cl)cc1)C2=O. The number of nitrogens with zero attached hydrogens (tertiary/aromatic N) is 2. The maximum Gasteiger partial charge on any atom is 0.325 e. The van der Waals surface area contributed by atoms with Gasteiger partial charge in [0.15, 0.2) is 0 Å². The topological polar surface area (TPSA) is 79.0 Å². The van der Waals surface area contributed by atoms with Crippen LogP contribution in [0.2, 0.25) is 5.02 Å². The highest BCUT2D eigenvalue weighted by Gasteiger charge is 2.55. The molecule has 2 atom stereocenters. The molecule has 1 aliphatic heterocycles. The molecule has 1 N–H and O–H groups in total. The minimum atomic E-state index is -0.841. The molecule has 0 aromatic heterocycles. The number of amides is 4. The van der Waals surface area contributed by atoms with Gasteiger partial charge in [-0.1, -0.05) is 31.4 Å². The predicted molar refractivity (Wildman–Crippen MR) is 105 cm³/mol. The lowest BCUT2D eigenvalue weighted by Crippen LogP contribution is -2.54. The van der Waals surface area contributed by atoms with E-state index in [9.17, 15) is 14.4 Å². The van der Waals surface area contributed by atoms with Crippen LogP contribution in [0, 0.1) is 5.92 Å². The van der Waals surface area contributed by atoms with Gasteiger partial charge in [0.1, 0.15) is 24.4 Å². The molecule has 1 aromatic rings. The van der Waals surface area contributed by atoms with Crippen molar-refractivity contribution < 1.29 is 19.1 Å². The lowest BCUT2D eigenvalue weighted by Gasteiger charge is -2.36. The number of urea groups is 1. The first-order valence-corrected chi connectivity index (χ1v) is 9.98. The molecule has 2 aliphatic rings. The summed E-state index contributed by atoms with van der Waals surface area (Å²) in [5, 5.41) is 3.49. The molecule has 0 radical (unpaired) electrons. The van der Waals surface area contributed by atoms with Crippen molar-refractivity contribution in [2.75, 3.05) is 26.7 Å². The smallest absolute Gasteiger partial charge is 0.325 e. The Morgan fingerprint density at radius 3 is 2.71 bits per heavy atom. The third-order valence-electron chi connectivity index (χ3n) is 5.73. The molecule has 4 amide bonds. The summed E-state index contributed by atoms with van der Waals surface area (Å²) in [5.41, 5.74) is -0.841. The van der Waals surface area contributed by atoms with Gasteiger partial charge in [0, 0.05) is 12.1 Å². The number of halogens is 1. The number of hydrogen-bond acceptors (Lipinski definition) is 4. The molecule has 2 fully saturated rings. The summed E-state index contributed by atoms with van der Waals surface area (Å²) < 4.78 is 5.59. The average Bonchev–Trinajstić information content (AvgIpc) is 2.90. The van der Waals surface area contributed by atoms with E-state index in [-0.39, 0.29) is 24.3 Å². The number of benzene rings is 1. The van der Waals surface area contributed by atoms with Crippen LogP contribution in [-0.2, 0) is 9.59 Å². The van der Waals surface area contributed by atoms with Gasteiger partial charge in [0.05, 0.1) is 6.54 Å². The van der Waals surface area contributed by atoms with Gasteiger partial charge in [-0.2, -0.15) is 0 Å². The third-order valence-corrected chi connectivity index (χ3v) is 5.98. The van der Waals surface area contributed by atoms with Crippen LogP contribution in [0.25, 0.3) is 0 Å². The van der Waals surface area contributed by atoms with Gasteiger partial charge in [-0.3, -0.25) is 14.5 Å². The fourth-order valence-electron chi connectivity index (χ4n) is 3.85. The van der Waals surface area contributed by atoms with Crippen LogP contribution in [0.1, 0.15) is 32.6 Å². The Morgan fingerprint density at radius 2 is 2.04 bits per heavy atom. The first-order valence-electron chi connectivity index (χ1n) is 9.60. The average molecular weight is 408 g/mol. The van der Waals surface area contributed by atoms with Crippen LogP contribution in [0.3, 0.4) is 0 Å². The normalized spacial score (nSPS) is 24.4. The van der Waals surface area contributed by atoms with Gasteiger partial charge in [-0.05, 0) is 43.0 Å². The monoisotopic (exact) mass is 407 g/mol. The Kier molecular flexibility index (Phi) is 6.13. The highest BCUT2D eigenvalue weighted by atomic mass is 35.5. The maximum absolute atomic E-state index is 12.9. The molecule has 0 unspecified atom stereocenters. The Morgan fingerprint density at radius 1 is 1.32 bits per heavy atom. The van der Waals surface area contributed by atoms with Crippen molar-refractivity contribution in [3.8, 4) is 5.75 Å². The Labute approximate surface area is 169 Å². The van der Waals surface area contributed by atoms with Gasteiger partial charge in [0.25, 0.3) is 5.91 Å². The van der Waals surface area contributed by atoms with Crippen molar-refractivity contribution in [1.82, 2.24) is 15.1 Å². The number of nitrogens with one attached hydrogen (secondary N) is 1. The fraction of sp³-hybridized carbons (Fsp3) is 0.550. The molecule has 28 heavy (non-hydrogen) atoms. The van der Waals surface area contributed by atoms with Gasteiger partial charge in [-0.25, -0.2) is 4.79 Å². The first kappa shape index (κ1) is 20.5. The summed E-state index contributed by atoms with van der Waals surface area (Å²) in [6.45, 7) is 2.37. The number of hydrogen-bond donors (Lipinski definition) is 1. The zero-order valence-electron chi connectivity index (χ0n) is 16.2. The lowest BCUT2D eigenvalue weighted by molar-refractivity contribution is -0.140. The first-order chi connectivity index (χ1) is 13.3. The van der Waals surface area contributed by atoms with Crippen molar-refractivity contribution in [3.63, 3.8) is 0 Å². The standard InChI is InChI=1S/C20H26ClN3O4/c1-14-5-3-4-10-20(14)18(26)24(19(27)22-20)13-17(25)23(2)11-12-28-16-8-6-15(21)7-9-16/h6-9,14H,3-5,10-13H2,1-2H3,(H,22,27)/t14-,20-/m1/s1. The van der Waals surface area contributed by atoms with E-state index in [1.807, 2.05) is 6.92 Å². The largest absolute Gasteiger partial charge is 0.492 e. The molecule has 3 rings (SSSR count). The molecule has 1 saturated carbocycles. The van der Waals surface area contributed by atoms with Crippen LogP contribution >= 0.6 is 11.6 Å². The van der Waals surface area contributed by atoms with Crippen molar-refractivity contribution in [1.29, 1.82) is 0 Å². The molecule has 1 aromatic carbocycles. The summed E-state index contributed by atoms with van der Waals surface area (Å²) in [6, 6.07) is 6.49. The van der Waals surface area contributed by atoms with Gasteiger partial charge >= 0.3 is 6.03 Å². The second-order valence-corrected chi connectivity index (χ2v) is 7.99. The van der Waals surface area contributed by atoms with E-state index in [4.69, 9.17) is 16.3 Å². The van der Waals surface area contributed by atoms with Crippen LogP contribution in [-0.4, -0.2) is 59.9 Å². The van der Waals surface area contributed by atoms with E-state index in [1.165, 1.54) is 4.90 Å². The third kappa shape index (κ3) is 4.09. The van der Waals surface area contributed by atoms with Crippen molar-refractivity contribution in [2.45, 2.75) is 38.1 Å². The number of rotatable bonds is 6. The predicted octanol–water partition coefficient (Wildman–Crippen LogP) is 2.68. The van der Waals surface area contributed by atoms with E-state index in [1.54, 1.807) is 31.3 Å². The Hall–Kier alpha value is -2.28. The molecule has 0 bridgehead atoms. The maximum atomic E-state index is 12.9. The van der Waals surface area contributed by atoms with E-state index < -0.39 is 11.6 Å². The van der Waals surface area contributed by atoms with Crippen molar-refractivity contribution in [3.05, 3.63) is 29.3 Å². The summed E-state index contributed by atoms with van der Waals surface area (Å²) in [7, 11) is 1.63. The zero-order chi connectivity index (χ0) is 20.3. The van der Waals surface area contributed by atoms with E-state index >= 15 is 0 Å². The second kappa shape index (κ2) is 8.39. The second-order valence-electron chi connectivity index (χ2n) is 7.56. The number of carbonyl (C=O) groups is 3. The zero-order valence-corrected chi connectivity index (χ0v) is 17.0. The van der Waals surface area contributed by atoms with Crippen molar-refractivity contribution in [2.24, 2.45) is 5.92 Å². The van der Waals surface area contributed by atoms with Crippen molar-refractivity contribution >= 4 is 29.4 Å². The number of likely N-dealkylation sites (N-methyl/N-ethyl adjacent to an activating group) is 1. The lowest BCUT2D eigenvalue weighted by atomic mass is 9.73. The summed E-state index contributed by atoms with van der Waals surface area (Å²) in [5.74, 6) is 0.156. The Bertz CT molecular complexity index is 754. The molecular formula is C20H26ClN3O4. The highest BCUT2D eigenvalue weighted by molar-refractivity contribution is 6.30.